The predicted octanol–water partition coefficient (Wildman–Crippen LogP) is 5.15. The Hall–Kier alpha value is -3.60. The van der Waals surface area contributed by atoms with E-state index in [1.165, 1.54) is 5.56 Å². The van der Waals surface area contributed by atoms with Gasteiger partial charge < -0.3 is 14.6 Å². The Kier molecular flexibility index (Phi) is 6.55. The van der Waals surface area contributed by atoms with Gasteiger partial charge in [0.1, 0.15) is 18.2 Å². The number of carbonyl (C=O) groups is 1. The summed E-state index contributed by atoms with van der Waals surface area (Å²) in [6, 6.07) is 23.8. The minimum absolute atomic E-state index is 0.0127. The molecule has 0 fully saturated rings. The molecule has 1 amide bonds. The SMILES string of the molecule is Cc1ccc(OCCn2c(C(C)NC(=O)Cc3ccccc3C)nc3ccccc32)cc1. The number of benzene rings is 3. The summed E-state index contributed by atoms with van der Waals surface area (Å²) in [5, 5.41) is 3.12. The number of nitrogens with zero attached hydrogens (tertiary/aromatic N) is 2. The second-order valence-electron chi connectivity index (χ2n) is 8.16. The number of nitrogens with one attached hydrogen (secondary N) is 1. The number of aromatic nitrogens is 2. The minimum atomic E-state index is -0.224. The van der Waals surface area contributed by atoms with Crippen LogP contribution in [0.15, 0.2) is 72.8 Å². The van der Waals surface area contributed by atoms with Crippen molar-refractivity contribution in [3.8, 4) is 5.75 Å². The number of amides is 1. The first kappa shape index (κ1) is 21.6. The van der Waals surface area contributed by atoms with Crippen LogP contribution >= 0.6 is 0 Å². The van der Waals surface area contributed by atoms with Gasteiger partial charge >= 0.3 is 0 Å². The van der Waals surface area contributed by atoms with Crippen molar-refractivity contribution >= 4 is 16.9 Å². The number of fused-ring (bicyclic) bond motifs is 1. The Bertz CT molecular complexity index is 1210. The summed E-state index contributed by atoms with van der Waals surface area (Å²) >= 11 is 0. The van der Waals surface area contributed by atoms with Crippen LogP contribution in [-0.2, 0) is 17.8 Å². The molecule has 0 saturated carbocycles. The molecular formula is C27H29N3O2. The Morgan fingerprint density at radius 3 is 2.50 bits per heavy atom. The van der Waals surface area contributed by atoms with Crippen molar-refractivity contribution in [1.29, 1.82) is 0 Å². The lowest BCUT2D eigenvalue weighted by Crippen LogP contribution is -2.30. The third-order valence-electron chi connectivity index (χ3n) is 5.67. The molecule has 1 N–H and O–H groups in total. The number of ether oxygens (including phenoxy) is 1. The molecule has 4 aromatic rings. The molecule has 1 unspecified atom stereocenters. The molecular weight excluding hydrogens is 398 g/mol. The van der Waals surface area contributed by atoms with Gasteiger partial charge in [0.25, 0.3) is 0 Å². The van der Waals surface area contributed by atoms with E-state index < -0.39 is 0 Å². The summed E-state index contributed by atoms with van der Waals surface area (Å²) in [6.07, 6.45) is 0.355. The van der Waals surface area contributed by atoms with Crippen molar-refractivity contribution in [3.63, 3.8) is 0 Å². The van der Waals surface area contributed by atoms with E-state index in [1.54, 1.807) is 0 Å². The fourth-order valence-electron chi connectivity index (χ4n) is 3.89. The maximum atomic E-state index is 12.7. The van der Waals surface area contributed by atoms with E-state index in [0.29, 0.717) is 19.6 Å². The maximum Gasteiger partial charge on any atom is 0.225 e. The molecule has 1 heterocycles. The van der Waals surface area contributed by atoms with E-state index in [0.717, 1.165) is 33.7 Å². The van der Waals surface area contributed by atoms with Gasteiger partial charge in [-0.05, 0) is 56.2 Å². The van der Waals surface area contributed by atoms with Gasteiger partial charge in [-0.2, -0.15) is 0 Å². The predicted molar refractivity (Wildman–Crippen MR) is 128 cm³/mol. The highest BCUT2D eigenvalue weighted by atomic mass is 16.5. The van der Waals surface area contributed by atoms with Crippen LogP contribution in [0.1, 0.15) is 35.5 Å². The number of hydrogen-bond donors (Lipinski definition) is 1. The van der Waals surface area contributed by atoms with Gasteiger partial charge in [-0.25, -0.2) is 4.98 Å². The van der Waals surface area contributed by atoms with Crippen LogP contribution in [0.25, 0.3) is 11.0 Å². The standard InChI is InChI=1S/C27H29N3O2/c1-19-12-14-23(15-13-19)32-17-16-30-25-11-7-6-10-24(25)29-27(30)21(3)28-26(31)18-22-9-5-4-8-20(22)2/h4-15,21H,16-18H2,1-3H3,(H,28,31). The van der Waals surface area contributed by atoms with Gasteiger partial charge in [-0.3, -0.25) is 4.79 Å². The van der Waals surface area contributed by atoms with Crippen LogP contribution in [0.4, 0.5) is 0 Å². The number of para-hydroxylation sites is 2. The lowest BCUT2D eigenvalue weighted by atomic mass is 10.1. The number of hydrogen-bond acceptors (Lipinski definition) is 3. The molecule has 0 aliphatic rings. The summed E-state index contributed by atoms with van der Waals surface area (Å²) in [7, 11) is 0. The van der Waals surface area contributed by atoms with Crippen LogP contribution in [0.3, 0.4) is 0 Å². The zero-order valence-corrected chi connectivity index (χ0v) is 18.8. The molecule has 0 aliphatic heterocycles. The average Bonchev–Trinajstić information content (AvgIpc) is 3.15. The summed E-state index contributed by atoms with van der Waals surface area (Å²) in [4.78, 5) is 17.5. The molecule has 4 rings (SSSR count). The molecule has 5 nitrogen and oxygen atoms in total. The highest BCUT2D eigenvalue weighted by Gasteiger charge is 2.19. The van der Waals surface area contributed by atoms with Gasteiger partial charge in [-0.15, -0.1) is 0 Å². The maximum absolute atomic E-state index is 12.7. The lowest BCUT2D eigenvalue weighted by molar-refractivity contribution is -0.121. The first-order valence-electron chi connectivity index (χ1n) is 11.0. The molecule has 32 heavy (non-hydrogen) atoms. The molecule has 0 radical (unpaired) electrons. The summed E-state index contributed by atoms with van der Waals surface area (Å²) in [5.74, 6) is 1.67. The topological polar surface area (TPSA) is 56.1 Å². The summed E-state index contributed by atoms with van der Waals surface area (Å²) < 4.78 is 8.10. The monoisotopic (exact) mass is 427 g/mol. The molecule has 5 heteroatoms. The Morgan fingerprint density at radius 2 is 1.72 bits per heavy atom. The second-order valence-corrected chi connectivity index (χ2v) is 8.16. The number of carbonyl (C=O) groups excluding carboxylic acids is 1. The van der Waals surface area contributed by atoms with Gasteiger partial charge in [0.2, 0.25) is 5.91 Å². The fraction of sp³-hybridized carbons (Fsp3) is 0.259. The van der Waals surface area contributed by atoms with Crippen molar-refractivity contribution in [2.45, 2.75) is 39.8 Å². The first-order chi connectivity index (χ1) is 15.5. The van der Waals surface area contributed by atoms with Crippen molar-refractivity contribution < 1.29 is 9.53 Å². The normalized spacial score (nSPS) is 12.0. The van der Waals surface area contributed by atoms with Crippen LogP contribution in [-0.4, -0.2) is 22.1 Å². The molecule has 0 spiro atoms. The van der Waals surface area contributed by atoms with Crippen LogP contribution in [0.5, 0.6) is 5.75 Å². The zero-order chi connectivity index (χ0) is 22.5. The molecule has 1 atom stereocenters. The van der Waals surface area contributed by atoms with Crippen LogP contribution in [0, 0.1) is 13.8 Å². The molecule has 1 aromatic heterocycles. The minimum Gasteiger partial charge on any atom is -0.492 e. The largest absolute Gasteiger partial charge is 0.492 e. The molecule has 0 saturated heterocycles. The van der Waals surface area contributed by atoms with E-state index in [9.17, 15) is 4.79 Å². The lowest BCUT2D eigenvalue weighted by Gasteiger charge is -2.17. The molecule has 3 aromatic carbocycles. The van der Waals surface area contributed by atoms with Gasteiger partial charge in [0.05, 0.1) is 30.0 Å². The van der Waals surface area contributed by atoms with E-state index in [-0.39, 0.29) is 11.9 Å². The third kappa shape index (κ3) is 4.99. The van der Waals surface area contributed by atoms with E-state index >= 15 is 0 Å². The summed E-state index contributed by atoms with van der Waals surface area (Å²) in [6.45, 7) is 7.22. The second kappa shape index (κ2) is 9.69. The van der Waals surface area contributed by atoms with Crippen LogP contribution in [0.2, 0.25) is 0 Å². The zero-order valence-electron chi connectivity index (χ0n) is 18.8. The number of imidazole rings is 1. The molecule has 0 bridgehead atoms. The van der Waals surface area contributed by atoms with Gasteiger partial charge in [0.15, 0.2) is 0 Å². The fourth-order valence-corrected chi connectivity index (χ4v) is 3.89. The van der Waals surface area contributed by atoms with E-state index in [4.69, 9.17) is 9.72 Å². The first-order valence-corrected chi connectivity index (χ1v) is 11.0. The highest BCUT2D eigenvalue weighted by molar-refractivity contribution is 5.80. The number of aryl methyl sites for hydroxylation is 2. The van der Waals surface area contributed by atoms with Gasteiger partial charge in [0, 0.05) is 0 Å². The molecule has 164 valence electrons. The van der Waals surface area contributed by atoms with Gasteiger partial charge in [-0.1, -0.05) is 54.1 Å². The Balaban J connectivity index is 1.49. The van der Waals surface area contributed by atoms with Crippen molar-refractivity contribution in [3.05, 3.63) is 95.3 Å². The third-order valence-corrected chi connectivity index (χ3v) is 5.67. The van der Waals surface area contributed by atoms with E-state index in [2.05, 4.69) is 22.9 Å². The molecule has 0 aliphatic carbocycles. The average molecular weight is 428 g/mol. The van der Waals surface area contributed by atoms with Crippen molar-refractivity contribution in [2.75, 3.05) is 6.61 Å². The van der Waals surface area contributed by atoms with Crippen molar-refractivity contribution in [1.82, 2.24) is 14.9 Å². The number of rotatable bonds is 8. The highest BCUT2D eigenvalue weighted by Crippen LogP contribution is 2.21. The Morgan fingerprint density at radius 1 is 1.00 bits per heavy atom. The quantitative estimate of drug-likeness (QED) is 0.423. The smallest absolute Gasteiger partial charge is 0.225 e. The van der Waals surface area contributed by atoms with E-state index in [1.807, 2.05) is 80.6 Å². The summed E-state index contributed by atoms with van der Waals surface area (Å²) in [5.41, 5.74) is 5.32. The van der Waals surface area contributed by atoms with Crippen LogP contribution < -0.4 is 10.1 Å². The van der Waals surface area contributed by atoms with Crippen molar-refractivity contribution in [2.24, 2.45) is 0 Å². The Labute approximate surface area is 189 Å².